The zero-order valence-electron chi connectivity index (χ0n) is 20.4. The van der Waals surface area contributed by atoms with E-state index in [2.05, 4.69) is 14.8 Å². The van der Waals surface area contributed by atoms with Gasteiger partial charge < -0.3 is 14.9 Å². The molecule has 2 N–H and O–H groups in total. The van der Waals surface area contributed by atoms with Crippen molar-refractivity contribution in [2.24, 2.45) is 0 Å². The fourth-order valence-corrected chi connectivity index (χ4v) is 3.95. The van der Waals surface area contributed by atoms with Gasteiger partial charge in [-0.3, -0.25) is 9.13 Å². The smallest absolute Gasteiger partial charge is 0.403 e. The molecule has 0 saturated heterocycles. The Morgan fingerprint density at radius 3 is 2.27 bits per heavy atom. The summed E-state index contributed by atoms with van der Waals surface area (Å²) in [5.74, 6) is -0.982. The van der Waals surface area contributed by atoms with Crippen LogP contribution in [0.25, 0.3) is 16.9 Å². The molecule has 0 saturated carbocycles. The summed E-state index contributed by atoms with van der Waals surface area (Å²) < 4.78 is 84.8. The number of benzene rings is 2. The Balaban J connectivity index is 1.78. The van der Waals surface area contributed by atoms with E-state index < -0.39 is 49.3 Å². The Labute approximate surface area is 226 Å². The molecule has 2 atom stereocenters. The summed E-state index contributed by atoms with van der Waals surface area (Å²) in [5.41, 5.74) is -0.835. The molecular weight excluding hydrogens is 572 g/mol. The van der Waals surface area contributed by atoms with E-state index in [0.29, 0.717) is 10.6 Å². The molecule has 214 valence electrons. The molecule has 9 nitrogen and oxygen atoms in total. The van der Waals surface area contributed by atoms with E-state index in [4.69, 9.17) is 11.6 Å². The predicted octanol–water partition coefficient (Wildman–Crippen LogP) is 4.47. The van der Waals surface area contributed by atoms with Gasteiger partial charge in [-0.2, -0.15) is 13.2 Å². The molecule has 0 spiro atoms. The van der Waals surface area contributed by atoms with Gasteiger partial charge in [-0.05, 0) is 36.8 Å². The van der Waals surface area contributed by atoms with Gasteiger partial charge in [0.2, 0.25) is 0 Å². The maximum Gasteiger partial charge on any atom is 0.573 e. The number of para-hydroxylation sites is 2. The fraction of sp³-hybridized carbons (Fsp3) is 0.292. The lowest BCUT2D eigenvalue weighted by Crippen LogP contribution is -2.37. The lowest BCUT2D eigenvalue weighted by molar-refractivity contribution is -0.274. The van der Waals surface area contributed by atoms with Crippen molar-refractivity contribution in [1.82, 2.24) is 23.9 Å². The molecule has 0 aliphatic carbocycles. The van der Waals surface area contributed by atoms with Gasteiger partial charge in [-0.1, -0.05) is 35.9 Å². The zero-order valence-corrected chi connectivity index (χ0v) is 21.1. The third-order valence-electron chi connectivity index (χ3n) is 5.60. The van der Waals surface area contributed by atoms with Crippen LogP contribution >= 0.6 is 11.6 Å². The highest BCUT2D eigenvalue weighted by molar-refractivity contribution is 6.30. The van der Waals surface area contributed by atoms with Gasteiger partial charge in [0, 0.05) is 11.2 Å². The molecule has 0 unspecified atom stereocenters. The number of aromatic nitrogens is 5. The highest BCUT2D eigenvalue weighted by Crippen LogP contribution is 2.30. The fourth-order valence-electron chi connectivity index (χ4n) is 3.83. The normalized spacial score (nSPS) is 13.8. The Kier molecular flexibility index (Phi) is 8.01. The minimum absolute atomic E-state index is 0.0177. The topological polar surface area (TPSA) is 107 Å². The standard InChI is InChI=1S/C24H20ClF6N5O4/c1-13(37)21-32-20(33-36(21)16-4-2-3-5-18(16)40-24(29,30)31)12-34-10-17(14-6-8-15(25)9-7-14)35(22(34)39)11-19(38)23(26,27)28/h2-10,13,19,37-38H,11-12H2,1H3/t13-,19-/m0/s1. The molecule has 0 bridgehead atoms. The Bertz CT molecular complexity index is 1540. The van der Waals surface area contributed by atoms with Crippen molar-refractivity contribution in [1.29, 1.82) is 0 Å². The van der Waals surface area contributed by atoms with Crippen LogP contribution in [0.3, 0.4) is 0 Å². The Morgan fingerprint density at radius 1 is 1.02 bits per heavy atom. The van der Waals surface area contributed by atoms with E-state index in [9.17, 15) is 41.4 Å². The summed E-state index contributed by atoms with van der Waals surface area (Å²) in [6.45, 7) is -0.267. The minimum atomic E-state index is -5.03. The van der Waals surface area contributed by atoms with Crippen LogP contribution in [0.4, 0.5) is 26.3 Å². The highest BCUT2D eigenvalue weighted by Gasteiger charge is 2.39. The molecule has 0 fully saturated rings. The number of imidazole rings is 1. The molecule has 0 radical (unpaired) electrons. The molecule has 0 amide bonds. The molecule has 16 heteroatoms. The number of nitrogens with zero attached hydrogens (tertiary/aromatic N) is 5. The maximum atomic E-state index is 13.2. The lowest BCUT2D eigenvalue weighted by atomic mass is 10.1. The number of aliphatic hydroxyl groups is 2. The second-order valence-electron chi connectivity index (χ2n) is 8.59. The van der Waals surface area contributed by atoms with Crippen LogP contribution in [-0.2, 0) is 13.1 Å². The number of ether oxygens (including phenoxy) is 1. The van der Waals surface area contributed by atoms with Crippen LogP contribution in [0, 0.1) is 0 Å². The van der Waals surface area contributed by atoms with Crippen molar-refractivity contribution in [3.63, 3.8) is 0 Å². The number of aliphatic hydroxyl groups excluding tert-OH is 2. The van der Waals surface area contributed by atoms with Gasteiger partial charge in [0.15, 0.2) is 23.5 Å². The summed E-state index contributed by atoms with van der Waals surface area (Å²) in [7, 11) is 0. The largest absolute Gasteiger partial charge is 0.573 e. The molecule has 0 aliphatic heterocycles. The summed E-state index contributed by atoms with van der Waals surface area (Å²) >= 11 is 5.89. The quantitative estimate of drug-likeness (QED) is 0.293. The second-order valence-corrected chi connectivity index (χ2v) is 9.03. The Morgan fingerprint density at radius 2 is 1.68 bits per heavy atom. The van der Waals surface area contributed by atoms with Gasteiger partial charge in [0.1, 0.15) is 11.8 Å². The van der Waals surface area contributed by atoms with Gasteiger partial charge >= 0.3 is 18.2 Å². The summed E-state index contributed by atoms with van der Waals surface area (Å²) in [4.78, 5) is 17.3. The average molecular weight is 592 g/mol. The van der Waals surface area contributed by atoms with Crippen LogP contribution in [0.5, 0.6) is 5.75 Å². The second kappa shape index (κ2) is 11.0. The monoisotopic (exact) mass is 591 g/mol. The van der Waals surface area contributed by atoms with Crippen molar-refractivity contribution in [3.05, 3.63) is 81.9 Å². The SMILES string of the molecule is C[C@H](O)c1nc(Cn2cc(-c3ccc(Cl)cc3)n(C[C@H](O)C(F)(F)F)c2=O)nn1-c1ccccc1OC(F)(F)F. The molecule has 4 aromatic rings. The van der Waals surface area contributed by atoms with E-state index in [1.54, 1.807) is 0 Å². The molecule has 40 heavy (non-hydrogen) atoms. The third-order valence-corrected chi connectivity index (χ3v) is 5.85. The molecular formula is C24H20ClF6N5O4. The first-order valence-electron chi connectivity index (χ1n) is 11.4. The van der Waals surface area contributed by atoms with E-state index >= 15 is 0 Å². The predicted molar refractivity (Wildman–Crippen MR) is 129 cm³/mol. The molecule has 4 rings (SSSR count). The number of rotatable bonds is 8. The van der Waals surface area contributed by atoms with E-state index in [1.165, 1.54) is 55.6 Å². The third kappa shape index (κ3) is 6.48. The van der Waals surface area contributed by atoms with Gasteiger partial charge in [-0.25, -0.2) is 14.5 Å². The van der Waals surface area contributed by atoms with Crippen LogP contribution in [0.15, 0.2) is 59.5 Å². The number of halogens is 7. The minimum Gasteiger partial charge on any atom is -0.403 e. The molecule has 2 heterocycles. The van der Waals surface area contributed by atoms with Crippen LogP contribution in [0.2, 0.25) is 5.02 Å². The summed E-state index contributed by atoms with van der Waals surface area (Å²) in [6.07, 6.45) is -13.0. The van der Waals surface area contributed by atoms with Crippen molar-refractivity contribution in [2.45, 2.75) is 44.8 Å². The van der Waals surface area contributed by atoms with Crippen molar-refractivity contribution >= 4 is 11.6 Å². The van der Waals surface area contributed by atoms with Crippen LogP contribution in [0.1, 0.15) is 24.7 Å². The summed E-state index contributed by atoms with van der Waals surface area (Å²) in [6, 6.07) is 10.8. The first kappa shape index (κ1) is 29.2. The Hall–Kier alpha value is -3.82. The molecule has 2 aromatic heterocycles. The summed E-state index contributed by atoms with van der Waals surface area (Å²) in [5, 5.41) is 24.3. The first-order chi connectivity index (χ1) is 18.6. The maximum absolute atomic E-state index is 13.2. The van der Waals surface area contributed by atoms with Crippen molar-refractivity contribution in [3.8, 4) is 22.7 Å². The first-order valence-corrected chi connectivity index (χ1v) is 11.8. The van der Waals surface area contributed by atoms with E-state index in [0.717, 1.165) is 19.9 Å². The van der Waals surface area contributed by atoms with Crippen molar-refractivity contribution < 1.29 is 41.3 Å². The molecule has 0 aliphatic rings. The number of hydrogen-bond donors (Lipinski definition) is 2. The molecule has 2 aromatic carbocycles. The zero-order chi connectivity index (χ0) is 29.4. The van der Waals surface area contributed by atoms with Crippen LogP contribution < -0.4 is 10.4 Å². The van der Waals surface area contributed by atoms with Crippen LogP contribution in [-0.4, -0.2) is 52.8 Å². The van der Waals surface area contributed by atoms with E-state index in [-0.39, 0.29) is 23.0 Å². The van der Waals surface area contributed by atoms with E-state index in [1.807, 2.05) is 0 Å². The van der Waals surface area contributed by atoms with Gasteiger partial charge in [-0.15, -0.1) is 18.3 Å². The number of alkyl halides is 6. The lowest BCUT2D eigenvalue weighted by Gasteiger charge is -2.16. The highest BCUT2D eigenvalue weighted by atomic mass is 35.5. The van der Waals surface area contributed by atoms with Gasteiger partial charge in [0.05, 0.1) is 18.8 Å². The number of hydrogen-bond acceptors (Lipinski definition) is 6. The van der Waals surface area contributed by atoms with Crippen molar-refractivity contribution in [2.75, 3.05) is 0 Å². The average Bonchev–Trinajstić information content (AvgIpc) is 3.40. The van der Waals surface area contributed by atoms with Gasteiger partial charge in [0.25, 0.3) is 0 Å².